The van der Waals surface area contributed by atoms with Crippen molar-refractivity contribution < 1.29 is 14.8 Å². The van der Waals surface area contributed by atoms with Crippen LogP contribution in [0.5, 0.6) is 11.5 Å². The van der Waals surface area contributed by atoms with Gasteiger partial charge in [-0.3, -0.25) is 0 Å². The van der Waals surface area contributed by atoms with E-state index in [1.165, 1.54) is 45.3 Å². The van der Waals surface area contributed by atoms with E-state index in [0.717, 1.165) is 27.4 Å². The fourth-order valence-corrected chi connectivity index (χ4v) is 6.63. The maximum Gasteiger partial charge on any atom is 0.516 e. The predicted molar refractivity (Wildman–Crippen MR) is 92.4 cm³/mol. The topological polar surface area (TPSA) is 46.7 Å². The van der Waals surface area contributed by atoms with E-state index in [2.05, 4.69) is 6.72 Å². The molecule has 0 aliphatic rings. The highest BCUT2D eigenvalue weighted by Crippen LogP contribution is 2.55. The number of rotatable bonds is 2. The zero-order chi connectivity index (χ0) is 14.6. The highest BCUT2D eigenvalue weighted by molar-refractivity contribution is 7.47. The van der Waals surface area contributed by atoms with Gasteiger partial charge in [-0.05, 0) is 14.1 Å². The van der Waals surface area contributed by atoms with Crippen molar-refractivity contribution in [3.8, 4) is 11.5 Å². The standard InChI is InChI=1S/C12H11N2O2S4/c1-13(2)11-17-7-5(15)9-10(6(16)8(7)18-11)20-12(19-9)14(3)4/h1H2,2-4H3/q+1/p+2. The molecule has 0 spiro atoms. The van der Waals surface area contributed by atoms with Crippen LogP contribution in [0.1, 0.15) is 0 Å². The van der Waals surface area contributed by atoms with Crippen LogP contribution in [-0.2, 0) is 0 Å². The molecule has 104 valence electrons. The van der Waals surface area contributed by atoms with Crippen LogP contribution in [0.4, 0.5) is 8.63 Å². The molecule has 0 radical (unpaired) electrons. The Hall–Kier alpha value is -0.930. The third kappa shape index (κ3) is 1.99. The third-order valence-electron chi connectivity index (χ3n) is 2.71. The van der Waals surface area contributed by atoms with Crippen LogP contribution in [0.3, 0.4) is 0 Å². The van der Waals surface area contributed by atoms with Crippen molar-refractivity contribution in [2.75, 3.05) is 26.0 Å². The van der Waals surface area contributed by atoms with Crippen LogP contribution in [0.15, 0.2) is 0 Å². The molecule has 0 aliphatic heterocycles. The Labute approximate surface area is 131 Å². The van der Waals surface area contributed by atoms with E-state index in [4.69, 9.17) is 0 Å². The smallest absolute Gasteiger partial charge is 0.502 e. The Balaban J connectivity index is 2.42. The first-order valence-electron chi connectivity index (χ1n) is 5.69. The zero-order valence-electron chi connectivity index (χ0n) is 11.1. The summed E-state index contributed by atoms with van der Waals surface area (Å²) in [4.78, 5) is 1.99. The van der Waals surface area contributed by atoms with Crippen molar-refractivity contribution in [1.29, 1.82) is 0 Å². The molecule has 0 saturated carbocycles. The zero-order valence-corrected chi connectivity index (χ0v) is 14.4. The number of fused-ring (bicyclic) bond motifs is 2. The van der Waals surface area contributed by atoms with Crippen LogP contribution in [-0.4, -0.2) is 42.6 Å². The first-order chi connectivity index (χ1) is 9.40. The predicted octanol–water partition coefficient (Wildman–Crippen LogP) is 4.25. The average molecular weight is 346 g/mol. The average Bonchev–Trinajstić information content (AvgIpc) is 3.00. The molecule has 3 aromatic rings. The molecule has 2 aromatic heterocycles. The lowest BCUT2D eigenvalue weighted by molar-refractivity contribution is -0.385. The van der Waals surface area contributed by atoms with Gasteiger partial charge in [0, 0.05) is 0 Å². The molecule has 20 heavy (non-hydrogen) atoms. The Morgan fingerprint density at radius 1 is 1.05 bits per heavy atom. The van der Waals surface area contributed by atoms with Crippen molar-refractivity contribution in [1.82, 2.24) is 0 Å². The minimum Gasteiger partial charge on any atom is -0.502 e. The second kappa shape index (κ2) is 4.81. The highest BCUT2D eigenvalue weighted by Gasteiger charge is 2.35. The summed E-state index contributed by atoms with van der Waals surface area (Å²) in [7, 11) is 5.76. The van der Waals surface area contributed by atoms with E-state index in [-0.39, 0.29) is 11.5 Å². The second-order valence-electron chi connectivity index (χ2n) is 4.55. The molecule has 1 aromatic carbocycles. The number of anilines is 1. The van der Waals surface area contributed by atoms with Crippen molar-refractivity contribution in [3.05, 3.63) is 0 Å². The fourth-order valence-electron chi connectivity index (χ4n) is 1.74. The Kier molecular flexibility index (Phi) is 3.38. The molecule has 0 saturated heterocycles. The molecule has 2 N–H and O–H groups in total. The summed E-state index contributed by atoms with van der Waals surface area (Å²) in [6, 6.07) is 0. The molecule has 2 heterocycles. The van der Waals surface area contributed by atoms with Gasteiger partial charge in [0.2, 0.25) is 30.3 Å². The summed E-state index contributed by atoms with van der Waals surface area (Å²) >= 11 is 5.89. The van der Waals surface area contributed by atoms with Crippen LogP contribution >= 0.6 is 45.3 Å². The van der Waals surface area contributed by atoms with Crippen LogP contribution in [0.2, 0.25) is 0 Å². The molecule has 0 atom stereocenters. The van der Waals surface area contributed by atoms with Gasteiger partial charge in [-0.2, -0.15) is 4.58 Å². The molecule has 0 aliphatic carbocycles. The lowest BCUT2D eigenvalue weighted by atomic mass is 10.3. The molecule has 0 amide bonds. The first-order valence-corrected chi connectivity index (χ1v) is 8.95. The maximum atomic E-state index is 10.5. The van der Waals surface area contributed by atoms with Crippen molar-refractivity contribution in [3.63, 3.8) is 0 Å². The van der Waals surface area contributed by atoms with E-state index in [1.54, 1.807) is 4.58 Å². The number of phenolic OH excluding ortho intramolecular Hbond substituents is 2. The van der Waals surface area contributed by atoms with Gasteiger partial charge in [-0.1, -0.05) is 0 Å². The van der Waals surface area contributed by atoms with Gasteiger partial charge in [0.05, 0.1) is 0 Å². The quantitative estimate of drug-likeness (QED) is 0.316. The molecule has 0 fully saturated rings. The maximum absolute atomic E-state index is 10.5. The van der Waals surface area contributed by atoms with E-state index in [1.807, 2.05) is 26.0 Å². The van der Waals surface area contributed by atoms with Crippen molar-refractivity contribution in [2.45, 2.75) is 0 Å². The molecular weight excluding hydrogens is 332 g/mol. The summed E-state index contributed by atoms with van der Waals surface area (Å²) in [5.41, 5.74) is 0. The number of hydrogen-bond acceptors (Lipinski definition) is 5. The molecule has 3 rings (SSSR count). The number of phenols is 2. The summed E-state index contributed by atoms with van der Waals surface area (Å²) < 4.78 is 6.68. The second-order valence-corrected chi connectivity index (χ2v) is 9.06. The summed E-state index contributed by atoms with van der Waals surface area (Å²) in [6.07, 6.45) is 0. The monoisotopic (exact) mass is 345 g/mol. The largest absolute Gasteiger partial charge is 0.516 e. The SMILES string of the molecule is C=[N+](C)c1sc2c(O)c3sc(N(C)C)[s+]c3c(O)c2[s+]1. The molecular formula is C12H13N2O2S4+3. The van der Waals surface area contributed by atoms with Crippen LogP contribution in [0.25, 0.3) is 18.8 Å². The van der Waals surface area contributed by atoms with Gasteiger partial charge in [0.1, 0.15) is 36.4 Å². The van der Waals surface area contributed by atoms with Crippen molar-refractivity contribution >= 4 is 79.5 Å². The molecule has 0 bridgehead atoms. The van der Waals surface area contributed by atoms with Crippen LogP contribution in [0, 0.1) is 0 Å². The Morgan fingerprint density at radius 3 is 2.25 bits per heavy atom. The van der Waals surface area contributed by atoms with Gasteiger partial charge >= 0.3 is 8.63 Å². The number of aromatic hydroxyl groups is 2. The summed E-state index contributed by atoms with van der Waals surface area (Å²) in [5, 5.41) is 21.0. The minimum absolute atomic E-state index is 0.261. The third-order valence-corrected chi connectivity index (χ3v) is 8.42. The molecule has 8 heteroatoms. The van der Waals surface area contributed by atoms with Gasteiger partial charge in [0.25, 0.3) is 0 Å². The molecule has 0 unspecified atom stereocenters. The van der Waals surface area contributed by atoms with Crippen molar-refractivity contribution in [2.24, 2.45) is 0 Å². The number of benzene rings is 1. The van der Waals surface area contributed by atoms with E-state index >= 15 is 0 Å². The van der Waals surface area contributed by atoms with Gasteiger partial charge in [0.15, 0.2) is 22.7 Å². The lowest BCUT2D eigenvalue weighted by Gasteiger charge is -1.93. The molecule has 4 nitrogen and oxygen atoms in total. The normalized spacial score (nSPS) is 11.8. The van der Waals surface area contributed by atoms with Crippen LogP contribution < -0.4 is 4.90 Å². The van der Waals surface area contributed by atoms with E-state index < -0.39 is 0 Å². The Bertz CT molecular complexity index is 793. The summed E-state index contributed by atoms with van der Waals surface area (Å²) in [5.74, 6) is 0.521. The fraction of sp³-hybridized carbons (Fsp3) is 0.250. The van der Waals surface area contributed by atoms with Gasteiger partial charge < -0.3 is 10.2 Å². The number of hydrogen-bond donors (Lipinski definition) is 2. The Morgan fingerprint density at radius 2 is 1.65 bits per heavy atom. The van der Waals surface area contributed by atoms with E-state index in [0.29, 0.717) is 0 Å². The van der Waals surface area contributed by atoms with Gasteiger partial charge in [-0.25, -0.2) is 4.90 Å². The highest BCUT2D eigenvalue weighted by atomic mass is 32.2. The number of nitrogens with zero attached hydrogens (tertiary/aromatic N) is 2. The lowest BCUT2D eigenvalue weighted by Crippen LogP contribution is -2.04. The van der Waals surface area contributed by atoms with E-state index in [9.17, 15) is 10.2 Å². The first kappa shape index (κ1) is 14.0. The minimum atomic E-state index is 0.261. The van der Waals surface area contributed by atoms with Gasteiger partial charge in [-0.15, -0.1) is 0 Å². The summed E-state index contributed by atoms with van der Waals surface area (Å²) in [6.45, 7) is 3.85.